The predicted octanol–water partition coefficient (Wildman–Crippen LogP) is 3.74. The molecule has 8 heteroatoms. The fraction of sp³-hybridized carbons (Fsp3) is 0.286. The standard InChI is InChI=1S/C21H21FN4O3/c1-23-20(27)14-3-2-4-16(11-14)24-21(28)26-9-7-13(8-10-26)19-17-12-15(22)5-6-18(17)29-25-19/h2-6,11-13H,7-10H2,1H3,(H,23,27)(H,24,28). The minimum atomic E-state index is -0.322. The minimum Gasteiger partial charge on any atom is -0.356 e. The molecule has 2 N–H and O–H groups in total. The Kier molecular flexibility index (Phi) is 5.16. The fourth-order valence-corrected chi connectivity index (χ4v) is 3.67. The van der Waals surface area contributed by atoms with Crippen molar-refractivity contribution in [2.24, 2.45) is 0 Å². The number of aromatic nitrogens is 1. The molecule has 4 rings (SSSR count). The van der Waals surface area contributed by atoms with Crippen molar-refractivity contribution >= 4 is 28.6 Å². The van der Waals surface area contributed by atoms with E-state index in [0.717, 1.165) is 5.69 Å². The van der Waals surface area contributed by atoms with E-state index in [2.05, 4.69) is 15.8 Å². The minimum absolute atomic E-state index is 0.110. The molecule has 1 aliphatic rings. The van der Waals surface area contributed by atoms with Gasteiger partial charge in [-0.3, -0.25) is 4.79 Å². The molecule has 1 fully saturated rings. The monoisotopic (exact) mass is 396 g/mol. The van der Waals surface area contributed by atoms with E-state index in [4.69, 9.17) is 4.52 Å². The molecule has 1 saturated heterocycles. The lowest BCUT2D eigenvalue weighted by molar-refractivity contribution is 0.0963. The summed E-state index contributed by atoms with van der Waals surface area (Å²) in [6, 6.07) is 11.0. The lowest BCUT2D eigenvalue weighted by Gasteiger charge is -2.31. The van der Waals surface area contributed by atoms with E-state index in [-0.39, 0.29) is 23.7 Å². The van der Waals surface area contributed by atoms with Crippen LogP contribution in [-0.4, -0.2) is 42.1 Å². The van der Waals surface area contributed by atoms with Crippen LogP contribution in [0.5, 0.6) is 0 Å². The quantitative estimate of drug-likeness (QED) is 0.706. The second kappa shape index (κ2) is 7.90. The van der Waals surface area contributed by atoms with Crippen LogP contribution in [0.25, 0.3) is 11.0 Å². The molecular formula is C21H21FN4O3. The topological polar surface area (TPSA) is 87.5 Å². The Morgan fingerprint density at radius 2 is 1.97 bits per heavy atom. The van der Waals surface area contributed by atoms with Gasteiger partial charge in [0.1, 0.15) is 5.82 Å². The number of anilines is 1. The normalized spacial score (nSPS) is 14.8. The SMILES string of the molecule is CNC(=O)c1cccc(NC(=O)N2CCC(c3noc4ccc(F)cc34)CC2)c1. The highest BCUT2D eigenvalue weighted by Crippen LogP contribution is 2.33. The number of fused-ring (bicyclic) bond motifs is 1. The zero-order valence-corrected chi connectivity index (χ0v) is 15.9. The van der Waals surface area contributed by atoms with Crippen molar-refractivity contribution < 1.29 is 18.5 Å². The zero-order chi connectivity index (χ0) is 20.4. The van der Waals surface area contributed by atoms with Crippen LogP contribution in [0, 0.1) is 5.82 Å². The van der Waals surface area contributed by atoms with Gasteiger partial charge < -0.3 is 20.1 Å². The number of benzene rings is 2. The number of halogens is 1. The largest absolute Gasteiger partial charge is 0.356 e. The summed E-state index contributed by atoms with van der Waals surface area (Å²) >= 11 is 0. The van der Waals surface area contributed by atoms with Gasteiger partial charge in [0, 0.05) is 42.7 Å². The highest BCUT2D eigenvalue weighted by atomic mass is 19.1. The Morgan fingerprint density at radius 3 is 2.72 bits per heavy atom. The van der Waals surface area contributed by atoms with Crippen molar-refractivity contribution in [3.8, 4) is 0 Å². The second-order valence-corrected chi connectivity index (χ2v) is 7.06. The van der Waals surface area contributed by atoms with Crippen molar-refractivity contribution in [1.82, 2.24) is 15.4 Å². The Balaban J connectivity index is 1.40. The van der Waals surface area contributed by atoms with Gasteiger partial charge in [-0.05, 0) is 49.2 Å². The number of rotatable bonds is 3. The Bertz CT molecular complexity index is 1060. The number of urea groups is 1. The first-order chi connectivity index (χ1) is 14.0. The lowest BCUT2D eigenvalue weighted by atomic mass is 9.92. The lowest BCUT2D eigenvalue weighted by Crippen LogP contribution is -2.40. The molecule has 3 amide bonds. The average Bonchev–Trinajstić information content (AvgIpc) is 3.16. The van der Waals surface area contributed by atoms with E-state index < -0.39 is 0 Å². The molecule has 0 spiro atoms. The summed E-state index contributed by atoms with van der Waals surface area (Å²) in [5.41, 5.74) is 2.36. The molecule has 3 aromatic rings. The number of nitrogens with zero attached hydrogens (tertiary/aromatic N) is 2. The second-order valence-electron chi connectivity index (χ2n) is 7.06. The third-order valence-electron chi connectivity index (χ3n) is 5.23. The molecule has 2 aromatic carbocycles. The summed E-state index contributed by atoms with van der Waals surface area (Å²) in [5.74, 6) is -0.422. The molecule has 1 aliphatic heterocycles. The van der Waals surface area contributed by atoms with Crippen molar-refractivity contribution in [2.75, 3.05) is 25.5 Å². The third kappa shape index (κ3) is 3.91. The Hall–Kier alpha value is -3.42. The summed E-state index contributed by atoms with van der Waals surface area (Å²) in [6.07, 6.45) is 1.42. The van der Waals surface area contributed by atoms with Crippen LogP contribution in [0.2, 0.25) is 0 Å². The molecule has 2 heterocycles. The van der Waals surface area contributed by atoms with Crippen LogP contribution in [0.4, 0.5) is 14.9 Å². The van der Waals surface area contributed by atoms with Crippen LogP contribution in [-0.2, 0) is 0 Å². The molecule has 1 aromatic heterocycles. The number of hydrogen-bond acceptors (Lipinski definition) is 4. The molecule has 7 nitrogen and oxygen atoms in total. The maximum atomic E-state index is 13.6. The third-order valence-corrected chi connectivity index (χ3v) is 5.23. The molecule has 0 aliphatic carbocycles. The maximum absolute atomic E-state index is 13.6. The van der Waals surface area contributed by atoms with Crippen molar-refractivity contribution in [1.29, 1.82) is 0 Å². The molecule has 0 atom stereocenters. The van der Waals surface area contributed by atoms with Gasteiger partial charge in [-0.15, -0.1) is 0 Å². The van der Waals surface area contributed by atoms with Gasteiger partial charge in [-0.25, -0.2) is 9.18 Å². The summed E-state index contributed by atoms with van der Waals surface area (Å²) in [5, 5.41) is 10.2. The van der Waals surface area contributed by atoms with Crippen molar-refractivity contribution in [3.63, 3.8) is 0 Å². The van der Waals surface area contributed by atoms with E-state index in [1.54, 1.807) is 42.3 Å². The van der Waals surface area contributed by atoms with Gasteiger partial charge in [0.2, 0.25) is 0 Å². The number of carbonyl (C=O) groups excluding carboxylic acids is 2. The van der Waals surface area contributed by atoms with E-state index in [9.17, 15) is 14.0 Å². The molecule has 0 unspecified atom stereocenters. The fourth-order valence-electron chi connectivity index (χ4n) is 3.67. The van der Waals surface area contributed by atoms with Gasteiger partial charge in [0.25, 0.3) is 5.91 Å². The Morgan fingerprint density at radius 1 is 1.17 bits per heavy atom. The predicted molar refractivity (Wildman–Crippen MR) is 106 cm³/mol. The van der Waals surface area contributed by atoms with Crippen molar-refractivity contribution in [2.45, 2.75) is 18.8 Å². The van der Waals surface area contributed by atoms with Crippen LogP contribution >= 0.6 is 0 Å². The smallest absolute Gasteiger partial charge is 0.321 e. The number of piperidine rings is 1. The number of likely N-dealkylation sites (tertiary alicyclic amines) is 1. The molecule has 0 radical (unpaired) electrons. The summed E-state index contributed by atoms with van der Waals surface area (Å²) in [4.78, 5) is 26.1. The highest BCUT2D eigenvalue weighted by molar-refractivity contribution is 5.96. The first-order valence-corrected chi connectivity index (χ1v) is 9.48. The van der Waals surface area contributed by atoms with E-state index in [0.29, 0.717) is 48.2 Å². The van der Waals surface area contributed by atoms with E-state index in [1.807, 2.05) is 0 Å². The Labute approximate surface area is 166 Å². The van der Waals surface area contributed by atoms with Crippen LogP contribution in [0.3, 0.4) is 0 Å². The number of carbonyl (C=O) groups is 2. The van der Waals surface area contributed by atoms with Gasteiger partial charge in [0.05, 0.1) is 5.69 Å². The first-order valence-electron chi connectivity index (χ1n) is 9.48. The number of nitrogens with one attached hydrogen (secondary N) is 2. The summed E-state index contributed by atoms with van der Waals surface area (Å²) in [7, 11) is 1.56. The summed E-state index contributed by atoms with van der Waals surface area (Å²) < 4.78 is 18.9. The van der Waals surface area contributed by atoms with Crippen LogP contribution in [0.15, 0.2) is 47.0 Å². The number of amides is 3. The van der Waals surface area contributed by atoms with Gasteiger partial charge in [0.15, 0.2) is 5.58 Å². The van der Waals surface area contributed by atoms with Gasteiger partial charge >= 0.3 is 6.03 Å². The molecular weight excluding hydrogens is 375 g/mol. The van der Waals surface area contributed by atoms with E-state index >= 15 is 0 Å². The molecule has 150 valence electrons. The van der Waals surface area contributed by atoms with Crippen molar-refractivity contribution in [3.05, 3.63) is 59.5 Å². The first kappa shape index (κ1) is 18.9. The van der Waals surface area contributed by atoms with E-state index in [1.165, 1.54) is 12.1 Å². The number of hydrogen-bond donors (Lipinski definition) is 2. The summed E-state index contributed by atoms with van der Waals surface area (Å²) in [6.45, 7) is 1.10. The van der Waals surface area contributed by atoms with Gasteiger partial charge in [-0.1, -0.05) is 11.2 Å². The van der Waals surface area contributed by atoms with Gasteiger partial charge in [-0.2, -0.15) is 0 Å². The zero-order valence-electron chi connectivity index (χ0n) is 15.9. The average molecular weight is 396 g/mol. The molecule has 0 bridgehead atoms. The maximum Gasteiger partial charge on any atom is 0.321 e. The van der Waals surface area contributed by atoms with Crippen LogP contribution < -0.4 is 10.6 Å². The molecule has 29 heavy (non-hydrogen) atoms. The molecule has 0 saturated carbocycles. The highest BCUT2D eigenvalue weighted by Gasteiger charge is 2.27. The van der Waals surface area contributed by atoms with Crippen LogP contribution in [0.1, 0.15) is 34.8 Å².